The lowest BCUT2D eigenvalue weighted by Gasteiger charge is -2.34. The molecular formula is C22H20ClF2N3O2. The first-order valence-corrected chi connectivity index (χ1v) is 9.97. The van der Waals surface area contributed by atoms with Crippen LogP contribution in [0, 0.1) is 18.6 Å². The van der Waals surface area contributed by atoms with Crippen LogP contribution in [0.25, 0.3) is 11.5 Å². The molecule has 156 valence electrons. The maximum atomic E-state index is 13.4. The summed E-state index contributed by atoms with van der Waals surface area (Å²) in [5.74, 6) is -1.01. The number of rotatable bonds is 4. The van der Waals surface area contributed by atoms with E-state index in [1.807, 2.05) is 19.1 Å². The fourth-order valence-electron chi connectivity index (χ4n) is 3.45. The lowest BCUT2D eigenvalue weighted by atomic mass is 10.1. The van der Waals surface area contributed by atoms with Gasteiger partial charge in [-0.25, -0.2) is 13.8 Å². The van der Waals surface area contributed by atoms with E-state index < -0.39 is 11.6 Å². The van der Waals surface area contributed by atoms with E-state index in [2.05, 4.69) is 9.88 Å². The molecule has 1 fully saturated rings. The summed E-state index contributed by atoms with van der Waals surface area (Å²) in [5, 5.41) is 0.617. The first-order valence-electron chi connectivity index (χ1n) is 9.59. The Morgan fingerprint density at radius 3 is 2.57 bits per heavy atom. The number of aromatic nitrogens is 1. The predicted octanol–water partition coefficient (Wildman–Crippen LogP) is 4.54. The lowest BCUT2D eigenvalue weighted by molar-refractivity contribution is 0.0626. The van der Waals surface area contributed by atoms with Crippen molar-refractivity contribution in [3.8, 4) is 11.5 Å². The van der Waals surface area contributed by atoms with Crippen LogP contribution in [0.1, 0.15) is 21.8 Å². The Labute approximate surface area is 177 Å². The third-order valence-corrected chi connectivity index (χ3v) is 5.40. The summed E-state index contributed by atoms with van der Waals surface area (Å²) >= 11 is 6.05. The molecule has 2 heterocycles. The average molecular weight is 432 g/mol. The van der Waals surface area contributed by atoms with Crippen LogP contribution in [0.15, 0.2) is 46.9 Å². The van der Waals surface area contributed by atoms with Crippen LogP contribution >= 0.6 is 11.6 Å². The third kappa shape index (κ3) is 4.37. The maximum absolute atomic E-state index is 13.4. The largest absolute Gasteiger partial charge is 0.441 e. The second-order valence-electron chi connectivity index (χ2n) is 7.23. The molecule has 3 aromatic rings. The number of hydrogen-bond donors (Lipinski definition) is 0. The Kier molecular flexibility index (Phi) is 5.83. The van der Waals surface area contributed by atoms with Crippen LogP contribution < -0.4 is 0 Å². The molecule has 0 spiro atoms. The van der Waals surface area contributed by atoms with Gasteiger partial charge in [0.1, 0.15) is 5.76 Å². The minimum atomic E-state index is -1.02. The van der Waals surface area contributed by atoms with Crippen molar-refractivity contribution in [2.45, 2.75) is 13.5 Å². The molecule has 0 N–H and O–H groups in total. The number of halogens is 3. The number of amides is 1. The summed E-state index contributed by atoms with van der Waals surface area (Å²) < 4.78 is 32.3. The summed E-state index contributed by atoms with van der Waals surface area (Å²) in [7, 11) is 0. The molecule has 0 bridgehead atoms. The molecule has 0 aliphatic carbocycles. The van der Waals surface area contributed by atoms with E-state index in [0.717, 1.165) is 29.2 Å². The van der Waals surface area contributed by atoms with Gasteiger partial charge in [-0.15, -0.1) is 0 Å². The summed E-state index contributed by atoms with van der Waals surface area (Å²) in [6.45, 7) is 4.76. The monoisotopic (exact) mass is 431 g/mol. The minimum absolute atomic E-state index is 0.154. The maximum Gasteiger partial charge on any atom is 0.254 e. The van der Waals surface area contributed by atoms with Crippen LogP contribution in [-0.4, -0.2) is 46.9 Å². The second kappa shape index (κ2) is 8.53. The number of oxazole rings is 1. The number of hydrogen-bond acceptors (Lipinski definition) is 4. The summed E-state index contributed by atoms with van der Waals surface area (Å²) in [5.41, 5.74) is 1.81. The van der Waals surface area contributed by atoms with Crippen molar-refractivity contribution < 1.29 is 18.0 Å². The standard InChI is InChI=1S/C22H20ClF2N3O2/c1-14-20(26-21(30-14)15-3-2-4-17(23)11-15)13-27-7-9-28(10-8-27)22(29)16-5-6-18(24)19(25)12-16/h2-6,11-12H,7-10,13H2,1H3. The van der Waals surface area contributed by atoms with Crippen molar-refractivity contribution >= 4 is 17.5 Å². The third-order valence-electron chi connectivity index (χ3n) is 5.16. The highest BCUT2D eigenvalue weighted by atomic mass is 35.5. The van der Waals surface area contributed by atoms with E-state index in [4.69, 9.17) is 16.0 Å². The molecule has 8 heteroatoms. The minimum Gasteiger partial charge on any atom is -0.441 e. The van der Waals surface area contributed by atoms with Gasteiger partial charge in [0.25, 0.3) is 5.91 Å². The van der Waals surface area contributed by atoms with Crippen LogP contribution in [0.3, 0.4) is 0 Å². The van der Waals surface area contributed by atoms with Gasteiger partial charge in [0.05, 0.1) is 5.69 Å². The van der Waals surface area contributed by atoms with Crippen LogP contribution in [0.5, 0.6) is 0 Å². The van der Waals surface area contributed by atoms with Crippen molar-refractivity contribution in [2.75, 3.05) is 26.2 Å². The van der Waals surface area contributed by atoms with Crippen molar-refractivity contribution in [2.24, 2.45) is 0 Å². The number of nitrogens with zero attached hydrogens (tertiary/aromatic N) is 3. The lowest BCUT2D eigenvalue weighted by Crippen LogP contribution is -2.48. The zero-order valence-corrected chi connectivity index (χ0v) is 17.1. The number of carbonyl (C=O) groups excluding carboxylic acids is 1. The van der Waals surface area contributed by atoms with E-state index in [1.54, 1.807) is 17.0 Å². The van der Waals surface area contributed by atoms with Crippen LogP contribution in [0.2, 0.25) is 5.02 Å². The van der Waals surface area contributed by atoms with Gasteiger partial charge in [0, 0.05) is 48.9 Å². The Balaban J connectivity index is 1.38. The number of benzene rings is 2. The molecule has 0 atom stereocenters. The molecule has 30 heavy (non-hydrogen) atoms. The number of piperazine rings is 1. The van der Waals surface area contributed by atoms with Crippen molar-refractivity contribution in [3.63, 3.8) is 0 Å². The summed E-state index contributed by atoms with van der Waals surface area (Å²) in [4.78, 5) is 21.0. The first-order chi connectivity index (χ1) is 14.4. The Morgan fingerprint density at radius 1 is 1.10 bits per heavy atom. The van der Waals surface area contributed by atoms with E-state index in [1.165, 1.54) is 6.07 Å². The van der Waals surface area contributed by atoms with E-state index >= 15 is 0 Å². The molecule has 0 radical (unpaired) electrons. The van der Waals surface area contributed by atoms with Crippen molar-refractivity contribution in [1.29, 1.82) is 0 Å². The van der Waals surface area contributed by atoms with Gasteiger partial charge < -0.3 is 9.32 Å². The fourth-order valence-corrected chi connectivity index (χ4v) is 3.64. The molecule has 1 saturated heterocycles. The molecule has 1 aliphatic heterocycles. The second-order valence-corrected chi connectivity index (χ2v) is 7.67. The van der Waals surface area contributed by atoms with Gasteiger partial charge in [0.2, 0.25) is 5.89 Å². The quantitative estimate of drug-likeness (QED) is 0.608. The Bertz CT molecular complexity index is 1080. The molecule has 5 nitrogen and oxygen atoms in total. The predicted molar refractivity (Wildman–Crippen MR) is 109 cm³/mol. The molecular weight excluding hydrogens is 412 g/mol. The highest BCUT2D eigenvalue weighted by Gasteiger charge is 2.24. The zero-order valence-electron chi connectivity index (χ0n) is 16.4. The highest BCUT2D eigenvalue weighted by Crippen LogP contribution is 2.25. The van der Waals surface area contributed by atoms with Crippen molar-refractivity contribution in [3.05, 3.63) is 76.1 Å². The molecule has 0 saturated carbocycles. The number of aryl methyl sites for hydroxylation is 1. The fraction of sp³-hybridized carbons (Fsp3) is 0.273. The van der Waals surface area contributed by atoms with Gasteiger partial charge in [-0.2, -0.15) is 0 Å². The Morgan fingerprint density at radius 2 is 1.87 bits per heavy atom. The van der Waals surface area contributed by atoms with Crippen LogP contribution in [0.4, 0.5) is 8.78 Å². The molecule has 1 aliphatic rings. The zero-order chi connectivity index (χ0) is 21.3. The van der Waals surface area contributed by atoms with Gasteiger partial charge in [-0.3, -0.25) is 9.69 Å². The first kappa shape index (κ1) is 20.5. The summed E-state index contributed by atoms with van der Waals surface area (Å²) in [6.07, 6.45) is 0. The SMILES string of the molecule is Cc1oc(-c2cccc(Cl)c2)nc1CN1CCN(C(=O)c2ccc(F)c(F)c2)CC1. The molecule has 0 unspecified atom stereocenters. The topological polar surface area (TPSA) is 49.6 Å². The van der Waals surface area contributed by atoms with E-state index in [-0.39, 0.29) is 11.5 Å². The van der Waals surface area contributed by atoms with Gasteiger partial charge in [-0.1, -0.05) is 17.7 Å². The molecule has 1 amide bonds. The highest BCUT2D eigenvalue weighted by molar-refractivity contribution is 6.30. The summed E-state index contributed by atoms with van der Waals surface area (Å²) in [6, 6.07) is 10.6. The molecule has 1 aromatic heterocycles. The van der Waals surface area contributed by atoms with Gasteiger partial charge >= 0.3 is 0 Å². The smallest absolute Gasteiger partial charge is 0.254 e. The van der Waals surface area contributed by atoms with Gasteiger partial charge in [-0.05, 0) is 43.3 Å². The average Bonchev–Trinajstić information content (AvgIpc) is 3.10. The molecule has 2 aromatic carbocycles. The van der Waals surface area contributed by atoms with Gasteiger partial charge in [0.15, 0.2) is 11.6 Å². The number of carbonyl (C=O) groups is 1. The molecule has 4 rings (SSSR count). The van der Waals surface area contributed by atoms with Crippen LogP contribution in [-0.2, 0) is 6.54 Å². The normalized spacial score (nSPS) is 14.9. The van der Waals surface area contributed by atoms with Crippen molar-refractivity contribution in [1.82, 2.24) is 14.8 Å². The van der Waals surface area contributed by atoms with E-state index in [9.17, 15) is 13.6 Å². The Hall–Kier alpha value is -2.77. The van der Waals surface area contributed by atoms with E-state index in [0.29, 0.717) is 43.6 Å².